The van der Waals surface area contributed by atoms with Crippen molar-refractivity contribution in [1.82, 2.24) is 4.98 Å². The highest BCUT2D eigenvalue weighted by Gasteiger charge is 2.54. The van der Waals surface area contributed by atoms with Crippen LogP contribution in [0.4, 0.5) is 0 Å². The van der Waals surface area contributed by atoms with Gasteiger partial charge in [0.15, 0.2) is 0 Å². The Kier molecular flexibility index (Phi) is 4.61. The summed E-state index contributed by atoms with van der Waals surface area (Å²) in [5.74, 6) is 3.08. The molecule has 4 atom stereocenters. The van der Waals surface area contributed by atoms with E-state index in [4.69, 9.17) is 9.72 Å². The molecule has 3 heteroatoms. The number of benzene rings is 3. The van der Waals surface area contributed by atoms with Gasteiger partial charge in [-0.15, -0.1) is 0 Å². The number of pyridine rings is 1. The number of ether oxygens (including phenoxy) is 1. The second kappa shape index (κ2) is 7.65. The smallest absolute Gasteiger partial charge is 0.139 e. The van der Waals surface area contributed by atoms with E-state index in [0.717, 1.165) is 48.9 Å². The third-order valence-corrected chi connectivity index (χ3v) is 9.60. The number of methoxy groups -OCH3 is 1. The van der Waals surface area contributed by atoms with Crippen molar-refractivity contribution in [3.05, 3.63) is 71.8 Å². The molecule has 3 aliphatic carbocycles. The SMILES string of the molecule is COc1ccc(-c2c3c(cc4cc5ccccc5nc24)[C@H]2CC[C@]4(C)C(=O)CC[C@H]4[C@@H]2CC3)cc1. The molecule has 0 aliphatic heterocycles. The Morgan fingerprint density at radius 3 is 2.60 bits per heavy atom. The van der Waals surface area contributed by atoms with Crippen molar-refractivity contribution in [3.8, 4) is 16.9 Å². The summed E-state index contributed by atoms with van der Waals surface area (Å²) >= 11 is 0. The van der Waals surface area contributed by atoms with Gasteiger partial charge in [0, 0.05) is 28.2 Å². The Morgan fingerprint density at radius 2 is 1.77 bits per heavy atom. The van der Waals surface area contributed by atoms with Gasteiger partial charge in [-0.3, -0.25) is 4.79 Å². The second-order valence-corrected chi connectivity index (χ2v) is 11.1. The van der Waals surface area contributed by atoms with Crippen molar-refractivity contribution in [1.29, 1.82) is 0 Å². The van der Waals surface area contributed by atoms with Crippen molar-refractivity contribution in [2.75, 3.05) is 7.11 Å². The summed E-state index contributed by atoms with van der Waals surface area (Å²) in [6, 6.07) is 21.7. The average Bonchev–Trinajstić information content (AvgIpc) is 3.20. The summed E-state index contributed by atoms with van der Waals surface area (Å²) in [5.41, 5.74) is 7.54. The third-order valence-electron chi connectivity index (χ3n) is 9.60. The molecule has 2 fully saturated rings. The van der Waals surface area contributed by atoms with Crippen LogP contribution in [0, 0.1) is 17.3 Å². The number of hydrogen-bond donors (Lipinski definition) is 0. The van der Waals surface area contributed by atoms with Crippen molar-refractivity contribution in [3.63, 3.8) is 0 Å². The van der Waals surface area contributed by atoms with E-state index >= 15 is 0 Å². The minimum atomic E-state index is -0.0912. The van der Waals surface area contributed by atoms with Crippen LogP contribution >= 0.6 is 0 Å². The van der Waals surface area contributed by atoms with Crippen LogP contribution in [-0.2, 0) is 11.2 Å². The average molecular weight is 462 g/mol. The summed E-state index contributed by atoms with van der Waals surface area (Å²) in [7, 11) is 1.72. The van der Waals surface area contributed by atoms with Crippen LogP contribution in [0.1, 0.15) is 56.1 Å². The molecule has 176 valence electrons. The monoisotopic (exact) mass is 461 g/mol. The van der Waals surface area contributed by atoms with Gasteiger partial charge in [-0.2, -0.15) is 0 Å². The van der Waals surface area contributed by atoms with Crippen LogP contribution in [0.15, 0.2) is 60.7 Å². The van der Waals surface area contributed by atoms with Gasteiger partial charge in [-0.1, -0.05) is 37.3 Å². The van der Waals surface area contributed by atoms with Gasteiger partial charge in [-0.25, -0.2) is 4.98 Å². The molecule has 4 aromatic rings. The summed E-state index contributed by atoms with van der Waals surface area (Å²) in [6.45, 7) is 2.26. The fourth-order valence-corrected chi connectivity index (χ4v) is 7.81. The van der Waals surface area contributed by atoms with Crippen molar-refractivity contribution in [2.45, 2.75) is 51.4 Å². The van der Waals surface area contributed by atoms with Crippen molar-refractivity contribution < 1.29 is 9.53 Å². The molecule has 7 rings (SSSR count). The van der Waals surface area contributed by atoms with Gasteiger partial charge in [0.2, 0.25) is 0 Å². The molecule has 3 aliphatic rings. The molecule has 0 unspecified atom stereocenters. The molecular formula is C32H31NO2. The predicted octanol–water partition coefficient (Wildman–Crippen LogP) is 7.49. The van der Waals surface area contributed by atoms with Crippen LogP contribution in [0.2, 0.25) is 0 Å². The first-order valence-corrected chi connectivity index (χ1v) is 13.1. The maximum absolute atomic E-state index is 12.8. The molecule has 3 nitrogen and oxygen atoms in total. The highest BCUT2D eigenvalue weighted by atomic mass is 16.5. The molecule has 0 radical (unpaired) electrons. The molecule has 0 bridgehead atoms. The number of rotatable bonds is 2. The van der Waals surface area contributed by atoms with Gasteiger partial charge in [-0.05, 0) is 96.9 Å². The Labute approximate surface area is 206 Å². The third kappa shape index (κ3) is 3.03. The summed E-state index contributed by atoms with van der Waals surface area (Å²) in [4.78, 5) is 18.0. The van der Waals surface area contributed by atoms with Crippen molar-refractivity contribution >= 4 is 27.6 Å². The second-order valence-electron chi connectivity index (χ2n) is 11.1. The number of fused-ring (bicyclic) bond motifs is 7. The Morgan fingerprint density at radius 1 is 0.943 bits per heavy atom. The zero-order chi connectivity index (χ0) is 23.7. The quantitative estimate of drug-likeness (QED) is 0.290. The maximum atomic E-state index is 12.8. The standard InChI is InChI=1S/C32H31NO2/c1-32-16-15-23-24(27(32)13-14-29(32)34)11-12-25-26(23)18-21-17-20-5-3-4-6-28(20)33-31(21)30(25)19-7-9-22(35-2)10-8-19/h3-10,17-18,23-24,27H,11-16H2,1-2H3/t23-,24+,27-,32-/m0/s1. The Bertz CT molecular complexity index is 1490. The highest BCUT2D eigenvalue weighted by molar-refractivity contribution is 6.02. The number of nitrogens with zero attached hydrogens (tertiary/aromatic N) is 1. The number of ketones is 1. The van der Waals surface area contributed by atoms with E-state index in [1.807, 2.05) is 0 Å². The topological polar surface area (TPSA) is 39.2 Å². The van der Waals surface area contributed by atoms with E-state index in [1.165, 1.54) is 39.4 Å². The van der Waals surface area contributed by atoms with E-state index in [-0.39, 0.29) is 5.41 Å². The zero-order valence-corrected chi connectivity index (χ0v) is 20.5. The van der Waals surface area contributed by atoms with Gasteiger partial charge in [0.25, 0.3) is 0 Å². The molecule has 0 amide bonds. The number of para-hydroxylation sites is 1. The molecule has 35 heavy (non-hydrogen) atoms. The van der Waals surface area contributed by atoms with Crippen LogP contribution < -0.4 is 4.74 Å². The van der Waals surface area contributed by atoms with Crippen LogP contribution in [0.5, 0.6) is 5.75 Å². The Hall–Kier alpha value is -3.20. The van der Waals surface area contributed by atoms with E-state index in [1.54, 1.807) is 7.11 Å². The molecule has 1 heterocycles. The lowest BCUT2D eigenvalue weighted by atomic mass is 9.55. The predicted molar refractivity (Wildman–Crippen MR) is 141 cm³/mol. The number of aromatic nitrogens is 1. The maximum Gasteiger partial charge on any atom is 0.139 e. The van der Waals surface area contributed by atoms with Gasteiger partial charge >= 0.3 is 0 Å². The largest absolute Gasteiger partial charge is 0.497 e. The van der Waals surface area contributed by atoms with Crippen molar-refractivity contribution in [2.24, 2.45) is 17.3 Å². The zero-order valence-electron chi connectivity index (χ0n) is 20.5. The summed E-state index contributed by atoms with van der Waals surface area (Å²) < 4.78 is 5.45. The Balaban J connectivity index is 1.46. The molecule has 2 saturated carbocycles. The van der Waals surface area contributed by atoms with E-state index in [2.05, 4.69) is 67.6 Å². The number of Topliss-reactive ketones (excluding diaryl/α,β-unsaturated/α-hetero) is 1. The van der Waals surface area contributed by atoms with E-state index in [0.29, 0.717) is 23.5 Å². The number of carbonyl (C=O) groups excluding carboxylic acids is 1. The number of carbonyl (C=O) groups is 1. The van der Waals surface area contributed by atoms with Crippen LogP contribution in [0.25, 0.3) is 32.9 Å². The lowest BCUT2D eigenvalue weighted by molar-refractivity contribution is -0.129. The first-order valence-electron chi connectivity index (χ1n) is 13.1. The van der Waals surface area contributed by atoms with Crippen LogP contribution in [-0.4, -0.2) is 17.9 Å². The molecular weight excluding hydrogens is 430 g/mol. The first-order chi connectivity index (χ1) is 17.1. The lowest BCUT2D eigenvalue weighted by Gasteiger charge is -2.48. The van der Waals surface area contributed by atoms with Gasteiger partial charge in [0.1, 0.15) is 11.5 Å². The summed E-state index contributed by atoms with van der Waals surface area (Å²) in [6.07, 6.45) is 6.24. The van der Waals surface area contributed by atoms with E-state index < -0.39 is 0 Å². The molecule has 3 aromatic carbocycles. The van der Waals surface area contributed by atoms with Gasteiger partial charge in [0.05, 0.1) is 18.1 Å². The first kappa shape index (κ1) is 21.1. The summed E-state index contributed by atoms with van der Waals surface area (Å²) in [5, 5.41) is 2.41. The van der Waals surface area contributed by atoms with E-state index in [9.17, 15) is 4.79 Å². The molecule has 0 spiro atoms. The molecule has 0 saturated heterocycles. The fraction of sp³-hybridized carbons (Fsp3) is 0.375. The fourth-order valence-electron chi connectivity index (χ4n) is 7.81. The highest BCUT2D eigenvalue weighted by Crippen LogP contribution is 2.60. The lowest BCUT2D eigenvalue weighted by Crippen LogP contribution is -2.42. The number of hydrogen-bond acceptors (Lipinski definition) is 3. The molecule has 1 aromatic heterocycles. The minimum absolute atomic E-state index is 0.0912. The molecule has 0 N–H and O–H groups in total. The van der Waals surface area contributed by atoms with Gasteiger partial charge < -0.3 is 4.74 Å². The van der Waals surface area contributed by atoms with Crippen LogP contribution in [0.3, 0.4) is 0 Å². The minimum Gasteiger partial charge on any atom is -0.497 e. The normalized spacial score (nSPS) is 27.5.